The highest BCUT2D eigenvalue weighted by atomic mass is 32.2. The molecule has 0 amide bonds. The van der Waals surface area contributed by atoms with Crippen LogP contribution in [0.1, 0.15) is 10.5 Å². The topological polar surface area (TPSA) is 120 Å². The molecule has 1 N–H and O–H groups in total. The molecule has 0 saturated carbocycles. The maximum atomic E-state index is 12.8. The van der Waals surface area contributed by atoms with Crippen molar-refractivity contribution in [2.75, 3.05) is 12.9 Å². The van der Waals surface area contributed by atoms with E-state index < -0.39 is 11.4 Å². The van der Waals surface area contributed by atoms with E-state index in [-0.39, 0.29) is 11.4 Å². The molecule has 2 aromatic carbocycles. The molecule has 0 aliphatic heterocycles. The molecule has 0 unspecified atom stereocenters. The van der Waals surface area contributed by atoms with E-state index in [1.165, 1.54) is 9.36 Å². The Morgan fingerprint density at radius 2 is 1.97 bits per heavy atom. The number of benzene rings is 2. The standard InChI is InChI=1S/C18H14N6O4S/c1-27-14-9-7-13(8-10-14)23-16(17(26)28-22-23)15(25)11-29-18-19-20-21-24(18)12-5-3-2-4-6-12/h2-10H,11H2,1H3/p+1. The SMILES string of the molecule is COc1ccc(-[n+]2[nH]oc(=O)c2C(=O)CSc2nnnn2-c2ccccc2)cc1. The average Bonchev–Trinajstić information content (AvgIpc) is 3.39. The Morgan fingerprint density at radius 1 is 1.21 bits per heavy atom. The Morgan fingerprint density at radius 3 is 2.69 bits per heavy atom. The molecule has 0 atom stereocenters. The van der Waals surface area contributed by atoms with Crippen molar-refractivity contribution in [3.8, 4) is 17.1 Å². The number of H-pyrrole nitrogens is 1. The van der Waals surface area contributed by atoms with Gasteiger partial charge in [-0.25, -0.2) is 4.79 Å². The van der Waals surface area contributed by atoms with Crippen molar-refractivity contribution in [1.82, 2.24) is 25.5 Å². The fraction of sp³-hybridized carbons (Fsp3) is 0.111. The van der Waals surface area contributed by atoms with Gasteiger partial charge in [0.25, 0.3) is 0 Å². The number of aromatic amines is 1. The van der Waals surface area contributed by atoms with Gasteiger partial charge in [-0.3, -0.25) is 9.32 Å². The number of Topliss-reactive ketones (excluding diaryl/α,β-unsaturated/α-hetero) is 1. The number of carbonyl (C=O) groups is 1. The minimum Gasteiger partial charge on any atom is -0.497 e. The molecule has 0 radical (unpaired) electrons. The fourth-order valence-electron chi connectivity index (χ4n) is 2.62. The summed E-state index contributed by atoms with van der Waals surface area (Å²) in [5.41, 5.74) is 0.441. The quantitative estimate of drug-likeness (QED) is 0.274. The number of carbonyl (C=O) groups excluding carboxylic acids is 1. The summed E-state index contributed by atoms with van der Waals surface area (Å²) in [5.74, 6) is 0.172. The number of thioether (sulfide) groups is 1. The molecule has 0 saturated heterocycles. The third-order valence-electron chi connectivity index (χ3n) is 4.02. The highest BCUT2D eigenvalue weighted by molar-refractivity contribution is 7.99. The lowest BCUT2D eigenvalue weighted by Gasteiger charge is -2.02. The van der Waals surface area contributed by atoms with Gasteiger partial charge in [0, 0.05) is 12.1 Å². The number of hydrogen-bond donors (Lipinski definition) is 1. The van der Waals surface area contributed by atoms with E-state index in [0.29, 0.717) is 16.6 Å². The number of nitrogens with zero attached hydrogens (tertiary/aromatic N) is 5. The van der Waals surface area contributed by atoms with Crippen molar-refractivity contribution in [3.05, 3.63) is 70.7 Å². The van der Waals surface area contributed by atoms with E-state index in [2.05, 4.69) is 20.8 Å². The number of ketones is 1. The summed E-state index contributed by atoms with van der Waals surface area (Å²) < 4.78 is 12.8. The number of aromatic nitrogens is 6. The number of hydrogen-bond acceptors (Lipinski definition) is 8. The van der Waals surface area contributed by atoms with E-state index in [0.717, 1.165) is 17.4 Å². The lowest BCUT2D eigenvalue weighted by atomic mass is 10.2. The highest BCUT2D eigenvalue weighted by Crippen LogP contribution is 2.18. The summed E-state index contributed by atoms with van der Waals surface area (Å²) in [6.45, 7) is 0. The van der Waals surface area contributed by atoms with Crippen LogP contribution in [0.15, 0.2) is 69.1 Å². The van der Waals surface area contributed by atoms with Gasteiger partial charge in [0.05, 0.1) is 18.6 Å². The molecular weight excluding hydrogens is 396 g/mol. The number of rotatable bonds is 7. The summed E-state index contributed by atoms with van der Waals surface area (Å²) in [7, 11) is 1.55. The Bertz CT molecular complexity index is 1180. The molecule has 0 aliphatic carbocycles. The molecule has 0 bridgehead atoms. The van der Waals surface area contributed by atoms with Gasteiger partial charge >= 0.3 is 11.3 Å². The third kappa shape index (κ3) is 3.80. The van der Waals surface area contributed by atoms with E-state index in [1.807, 2.05) is 30.3 Å². The van der Waals surface area contributed by atoms with Gasteiger partial charge in [-0.05, 0) is 44.6 Å². The van der Waals surface area contributed by atoms with Gasteiger partial charge in [0.1, 0.15) is 5.75 Å². The monoisotopic (exact) mass is 411 g/mol. The Labute approximate surface area is 168 Å². The number of para-hydroxylation sites is 1. The molecule has 0 aliphatic rings. The number of ether oxygens (including phenoxy) is 1. The zero-order valence-corrected chi connectivity index (χ0v) is 16.0. The number of tetrazole rings is 1. The maximum absolute atomic E-state index is 12.8. The molecule has 146 valence electrons. The highest BCUT2D eigenvalue weighted by Gasteiger charge is 2.31. The van der Waals surface area contributed by atoms with Crippen LogP contribution in [0, 0.1) is 0 Å². The zero-order chi connectivity index (χ0) is 20.2. The molecule has 10 nitrogen and oxygen atoms in total. The molecule has 0 spiro atoms. The van der Waals surface area contributed by atoms with Crippen molar-refractivity contribution < 1.29 is 18.7 Å². The summed E-state index contributed by atoms with van der Waals surface area (Å²) in [6, 6.07) is 16.1. The van der Waals surface area contributed by atoms with Crippen LogP contribution in [0.2, 0.25) is 0 Å². The summed E-state index contributed by atoms with van der Waals surface area (Å²) in [6.07, 6.45) is 0. The molecule has 11 heteroatoms. The fourth-order valence-corrected chi connectivity index (χ4v) is 3.38. The zero-order valence-electron chi connectivity index (χ0n) is 15.2. The molecule has 4 aromatic rings. The van der Waals surface area contributed by atoms with Crippen molar-refractivity contribution in [2.24, 2.45) is 0 Å². The van der Waals surface area contributed by atoms with Gasteiger partial charge in [-0.1, -0.05) is 30.0 Å². The van der Waals surface area contributed by atoms with E-state index in [4.69, 9.17) is 9.26 Å². The largest absolute Gasteiger partial charge is 0.497 e. The minimum atomic E-state index is -0.755. The lowest BCUT2D eigenvalue weighted by Crippen LogP contribution is -2.41. The Hall–Kier alpha value is -3.73. The number of methoxy groups -OCH3 is 1. The smallest absolute Gasteiger partial charge is 0.438 e. The van der Waals surface area contributed by atoms with Gasteiger partial charge < -0.3 is 4.74 Å². The van der Waals surface area contributed by atoms with Crippen molar-refractivity contribution in [1.29, 1.82) is 0 Å². The summed E-state index contributed by atoms with van der Waals surface area (Å²) in [5, 5.41) is 14.4. The molecular formula is C18H15N6O4S+. The van der Waals surface area contributed by atoms with Crippen LogP contribution in [-0.2, 0) is 0 Å². The molecule has 4 rings (SSSR count). The molecule has 0 fully saturated rings. The van der Waals surface area contributed by atoms with Crippen LogP contribution in [0.5, 0.6) is 5.75 Å². The van der Waals surface area contributed by atoms with Crippen LogP contribution in [0.3, 0.4) is 0 Å². The first-order valence-electron chi connectivity index (χ1n) is 8.45. The molecule has 2 aromatic heterocycles. The lowest BCUT2D eigenvalue weighted by molar-refractivity contribution is -0.672. The third-order valence-corrected chi connectivity index (χ3v) is 4.93. The predicted molar refractivity (Wildman–Crippen MR) is 102 cm³/mol. The molecule has 2 heterocycles. The Kier molecular flexibility index (Phi) is 5.20. The first-order valence-corrected chi connectivity index (χ1v) is 9.43. The maximum Gasteiger partial charge on any atom is 0.438 e. The van der Waals surface area contributed by atoms with Crippen LogP contribution >= 0.6 is 11.8 Å². The second-order valence-corrected chi connectivity index (χ2v) is 6.73. The molecule has 29 heavy (non-hydrogen) atoms. The second kappa shape index (κ2) is 8.10. The number of nitrogens with one attached hydrogen (secondary N) is 1. The first kappa shape index (κ1) is 18.6. The average molecular weight is 411 g/mol. The van der Waals surface area contributed by atoms with Crippen LogP contribution in [-0.4, -0.2) is 44.1 Å². The van der Waals surface area contributed by atoms with Gasteiger partial charge in [0.2, 0.25) is 16.6 Å². The van der Waals surface area contributed by atoms with Crippen LogP contribution < -0.4 is 15.0 Å². The normalized spacial score (nSPS) is 10.8. The van der Waals surface area contributed by atoms with Gasteiger partial charge in [-0.15, -0.1) is 5.10 Å². The van der Waals surface area contributed by atoms with Crippen molar-refractivity contribution in [3.63, 3.8) is 0 Å². The van der Waals surface area contributed by atoms with Gasteiger partial charge in [-0.2, -0.15) is 4.68 Å². The van der Waals surface area contributed by atoms with E-state index >= 15 is 0 Å². The second-order valence-electron chi connectivity index (χ2n) is 5.78. The van der Waals surface area contributed by atoms with Gasteiger partial charge in [0.15, 0.2) is 0 Å². The van der Waals surface area contributed by atoms with Crippen LogP contribution in [0.4, 0.5) is 0 Å². The van der Waals surface area contributed by atoms with E-state index in [1.54, 1.807) is 31.4 Å². The van der Waals surface area contributed by atoms with Crippen LogP contribution in [0.25, 0.3) is 11.4 Å². The summed E-state index contributed by atoms with van der Waals surface area (Å²) >= 11 is 1.12. The van der Waals surface area contributed by atoms with E-state index in [9.17, 15) is 9.59 Å². The van der Waals surface area contributed by atoms with Crippen molar-refractivity contribution >= 4 is 17.5 Å². The first-order chi connectivity index (χ1) is 14.2. The minimum absolute atomic E-state index is 0.0496. The Balaban J connectivity index is 1.55. The van der Waals surface area contributed by atoms with Crippen molar-refractivity contribution in [2.45, 2.75) is 5.16 Å². The predicted octanol–water partition coefficient (Wildman–Crippen LogP) is 1.20. The summed E-state index contributed by atoms with van der Waals surface area (Å²) in [4.78, 5) is 24.9.